The summed E-state index contributed by atoms with van der Waals surface area (Å²) in [5.74, 6) is 0.238. The van der Waals surface area contributed by atoms with Crippen molar-refractivity contribution >= 4 is 21.6 Å². The van der Waals surface area contributed by atoms with Crippen molar-refractivity contribution < 1.29 is 13.2 Å². The Bertz CT molecular complexity index is 582. The van der Waals surface area contributed by atoms with Crippen LogP contribution in [0, 0.1) is 12.8 Å². The molecule has 1 amide bonds. The molecule has 0 spiro atoms. The molecule has 0 unspecified atom stereocenters. The standard InChI is InChI=1S/C15H24N2O3S/c1-12(2)11-16-15(18)9-10-17(21(4,19)20)14-8-6-5-7-13(14)3/h5-8,12H,9-11H2,1-4H3,(H,16,18). The summed E-state index contributed by atoms with van der Waals surface area (Å²) >= 11 is 0. The summed E-state index contributed by atoms with van der Waals surface area (Å²) in [6.07, 6.45) is 1.31. The van der Waals surface area contributed by atoms with Gasteiger partial charge in [-0.3, -0.25) is 9.10 Å². The van der Waals surface area contributed by atoms with Crippen LogP contribution >= 0.6 is 0 Å². The lowest BCUT2D eigenvalue weighted by atomic mass is 10.2. The fourth-order valence-corrected chi connectivity index (χ4v) is 2.90. The molecule has 0 heterocycles. The highest BCUT2D eigenvalue weighted by Crippen LogP contribution is 2.22. The maximum atomic E-state index is 12.0. The monoisotopic (exact) mass is 312 g/mol. The smallest absolute Gasteiger partial charge is 0.232 e. The number of carbonyl (C=O) groups is 1. The van der Waals surface area contributed by atoms with Crippen molar-refractivity contribution in [3.05, 3.63) is 29.8 Å². The first kappa shape index (κ1) is 17.5. The first-order chi connectivity index (χ1) is 9.71. The Morgan fingerprint density at radius 2 is 1.90 bits per heavy atom. The number of nitrogens with zero attached hydrogens (tertiary/aromatic N) is 1. The molecule has 0 aliphatic carbocycles. The van der Waals surface area contributed by atoms with Gasteiger partial charge in [-0.25, -0.2) is 8.42 Å². The predicted octanol–water partition coefficient (Wildman–Crippen LogP) is 1.92. The molecule has 0 fully saturated rings. The van der Waals surface area contributed by atoms with Gasteiger partial charge in [-0.1, -0.05) is 32.0 Å². The van der Waals surface area contributed by atoms with Crippen LogP contribution in [0.1, 0.15) is 25.8 Å². The molecule has 0 saturated heterocycles. The maximum Gasteiger partial charge on any atom is 0.232 e. The molecule has 1 aromatic carbocycles. The molecule has 0 aliphatic heterocycles. The number of carbonyl (C=O) groups excluding carboxylic acids is 1. The largest absolute Gasteiger partial charge is 0.356 e. The third-order valence-electron chi connectivity index (χ3n) is 3.03. The van der Waals surface area contributed by atoms with Crippen molar-refractivity contribution in [1.82, 2.24) is 5.32 Å². The number of para-hydroxylation sites is 1. The molecule has 1 aromatic rings. The van der Waals surface area contributed by atoms with Crippen LogP contribution in [0.25, 0.3) is 0 Å². The average Bonchev–Trinajstić information content (AvgIpc) is 2.37. The van der Waals surface area contributed by atoms with E-state index in [-0.39, 0.29) is 18.9 Å². The quantitative estimate of drug-likeness (QED) is 0.836. The Morgan fingerprint density at radius 1 is 1.29 bits per heavy atom. The summed E-state index contributed by atoms with van der Waals surface area (Å²) in [6, 6.07) is 7.25. The van der Waals surface area contributed by atoms with E-state index in [2.05, 4.69) is 5.32 Å². The average molecular weight is 312 g/mol. The third kappa shape index (κ3) is 5.75. The molecule has 1 N–H and O–H groups in total. The van der Waals surface area contributed by atoms with E-state index in [0.29, 0.717) is 18.2 Å². The number of nitrogens with one attached hydrogen (secondary N) is 1. The summed E-state index contributed by atoms with van der Waals surface area (Å²) < 4.78 is 25.2. The zero-order chi connectivity index (χ0) is 16.0. The van der Waals surface area contributed by atoms with Crippen molar-refractivity contribution in [2.24, 2.45) is 5.92 Å². The second-order valence-corrected chi connectivity index (χ2v) is 7.48. The Labute approximate surface area is 127 Å². The number of aryl methyl sites for hydroxylation is 1. The Hall–Kier alpha value is -1.56. The lowest BCUT2D eigenvalue weighted by molar-refractivity contribution is -0.121. The van der Waals surface area contributed by atoms with E-state index in [4.69, 9.17) is 0 Å². The number of benzene rings is 1. The van der Waals surface area contributed by atoms with Gasteiger partial charge in [0, 0.05) is 19.5 Å². The minimum absolute atomic E-state index is 0.133. The van der Waals surface area contributed by atoms with Crippen LogP contribution in [-0.4, -0.2) is 33.7 Å². The molecule has 1 rings (SSSR count). The van der Waals surface area contributed by atoms with Crippen LogP contribution in [0.2, 0.25) is 0 Å². The summed E-state index contributed by atoms with van der Waals surface area (Å²) in [6.45, 7) is 6.62. The number of hydrogen-bond acceptors (Lipinski definition) is 3. The van der Waals surface area contributed by atoms with Gasteiger partial charge in [0.05, 0.1) is 11.9 Å². The second kappa shape index (κ2) is 7.45. The number of sulfonamides is 1. The molecule has 0 saturated carbocycles. The third-order valence-corrected chi connectivity index (χ3v) is 4.21. The van der Waals surface area contributed by atoms with Crippen molar-refractivity contribution in [2.45, 2.75) is 27.2 Å². The maximum absolute atomic E-state index is 12.0. The zero-order valence-electron chi connectivity index (χ0n) is 13.1. The molecule has 0 bridgehead atoms. The van der Waals surface area contributed by atoms with E-state index in [9.17, 15) is 13.2 Å². The van der Waals surface area contributed by atoms with Gasteiger partial charge in [-0.2, -0.15) is 0 Å². The highest BCUT2D eigenvalue weighted by Gasteiger charge is 2.19. The predicted molar refractivity (Wildman–Crippen MR) is 85.8 cm³/mol. The molecule has 5 nitrogen and oxygen atoms in total. The lowest BCUT2D eigenvalue weighted by Gasteiger charge is -2.24. The summed E-state index contributed by atoms with van der Waals surface area (Å²) in [5.41, 5.74) is 1.49. The second-order valence-electron chi connectivity index (χ2n) is 5.57. The summed E-state index contributed by atoms with van der Waals surface area (Å²) in [4.78, 5) is 11.8. The number of hydrogen-bond donors (Lipinski definition) is 1. The molecular formula is C15H24N2O3S. The van der Waals surface area contributed by atoms with Crippen LogP contribution in [0.4, 0.5) is 5.69 Å². The molecule has 118 valence electrons. The Kier molecular flexibility index (Phi) is 6.20. The Balaban J connectivity index is 2.78. The van der Waals surface area contributed by atoms with Gasteiger partial charge in [0.1, 0.15) is 0 Å². The van der Waals surface area contributed by atoms with E-state index in [1.54, 1.807) is 12.1 Å². The SMILES string of the molecule is Cc1ccccc1N(CCC(=O)NCC(C)C)S(C)(=O)=O. The van der Waals surface area contributed by atoms with Crippen LogP contribution < -0.4 is 9.62 Å². The number of amides is 1. The van der Waals surface area contributed by atoms with E-state index in [0.717, 1.165) is 11.8 Å². The normalized spacial score (nSPS) is 11.5. The number of rotatable bonds is 7. The minimum Gasteiger partial charge on any atom is -0.356 e. The summed E-state index contributed by atoms with van der Waals surface area (Å²) in [7, 11) is -3.41. The molecule has 6 heteroatoms. The first-order valence-corrected chi connectivity index (χ1v) is 8.86. The molecule has 21 heavy (non-hydrogen) atoms. The van der Waals surface area contributed by atoms with Gasteiger partial charge >= 0.3 is 0 Å². The van der Waals surface area contributed by atoms with Crippen molar-refractivity contribution in [3.63, 3.8) is 0 Å². The first-order valence-electron chi connectivity index (χ1n) is 7.02. The lowest BCUT2D eigenvalue weighted by Crippen LogP contribution is -2.35. The highest BCUT2D eigenvalue weighted by molar-refractivity contribution is 7.92. The zero-order valence-corrected chi connectivity index (χ0v) is 13.9. The number of anilines is 1. The van der Waals surface area contributed by atoms with Crippen LogP contribution in [0.5, 0.6) is 0 Å². The minimum atomic E-state index is -3.41. The fourth-order valence-electron chi connectivity index (χ4n) is 1.92. The van der Waals surface area contributed by atoms with Gasteiger partial charge in [0.25, 0.3) is 0 Å². The van der Waals surface area contributed by atoms with Crippen LogP contribution in [0.3, 0.4) is 0 Å². The highest BCUT2D eigenvalue weighted by atomic mass is 32.2. The van der Waals surface area contributed by atoms with Crippen molar-refractivity contribution in [3.8, 4) is 0 Å². The summed E-state index contributed by atoms with van der Waals surface area (Å²) in [5, 5.41) is 2.79. The molecule has 0 radical (unpaired) electrons. The molecule has 0 aromatic heterocycles. The van der Waals surface area contributed by atoms with Crippen LogP contribution in [-0.2, 0) is 14.8 Å². The molecular weight excluding hydrogens is 288 g/mol. The van der Waals surface area contributed by atoms with Gasteiger partial charge in [-0.15, -0.1) is 0 Å². The Morgan fingerprint density at radius 3 is 2.43 bits per heavy atom. The van der Waals surface area contributed by atoms with E-state index >= 15 is 0 Å². The van der Waals surface area contributed by atoms with Crippen molar-refractivity contribution in [2.75, 3.05) is 23.7 Å². The van der Waals surface area contributed by atoms with E-state index in [1.807, 2.05) is 32.9 Å². The van der Waals surface area contributed by atoms with Gasteiger partial charge < -0.3 is 5.32 Å². The van der Waals surface area contributed by atoms with E-state index < -0.39 is 10.0 Å². The van der Waals surface area contributed by atoms with E-state index in [1.165, 1.54) is 4.31 Å². The van der Waals surface area contributed by atoms with Crippen molar-refractivity contribution in [1.29, 1.82) is 0 Å². The molecule has 0 aliphatic rings. The fraction of sp³-hybridized carbons (Fsp3) is 0.533. The molecule has 0 atom stereocenters. The topological polar surface area (TPSA) is 66.5 Å². The van der Waals surface area contributed by atoms with Crippen LogP contribution in [0.15, 0.2) is 24.3 Å². The van der Waals surface area contributed by atoms with Gasteiger partial charge in [0.15, 0.2) is 0 Å². The van der Waals surface area contributed by atoms with Gasteiger partial charge in [0.2, 0.25) is 15.9 Å². The van der Waals surface area contributed by atoms with Gasteiger partial charge in [-0.05, 0) is 24.5 Å².